The van der Waals surface area contributed by atoms with Crippen molar-refractivity contribution in [3.8, 4) is 17.2 Å². The van der Waals surface area contributed by atoms with Crippen LogP contribution in [0.15, 0.2) is 48.5 Å². The molecule has 3 rings (SSSR count). The summed E-state index contributed by atoms with van der Waals surface area (Å²) in [6.45, 7) is 2.01. The molecule has 0 radical (unpaired) electrons. The first kappa shape index (κ1) is 20.8. The molecule has 8 nitrogen and oxygen atoms in total. The Morgan fingerprint density at radius 3 is 2.66 bits per heavy atom. The van der Waals surface area contributed by atoms with Gasteiger partial charge in [-0.25, -0.2) is 8.42 Å². The van der Waals surface area contributed by atoms with E-state index in [0.29, 0.717) is 22.9 Å². The van der Waals surface area contributed by atoms with Gasteiger partial charge in [-0.3, -0.25) is 9.10 Å². The highest BCUT2D eigenvalue weighted by Crippen LogP contribution is 2.30. The molecule has 0 spiro atoms. The number of anilines is 1. The lowest BCUT2D eigenvalue weighted by Gasteiger charge is -2.30. The minimum absolute atomic E-state index is 0.188. The number of nitrogens with one attached hydrogen (secondary N) is 1. The minimum Gasteiger partial charge on any atom is -0.497 e. The van der Waals surface area contributed by atoms with Gasteiger partial charge >= 0.3 is 0 Å². The van der Waals surface area contributed by atoms with Crippen LogP contribution in [-0.4, -0.2) is 53.0 Å². The molecule has 1 heterocycles. The highest BCUT2D eigenvalue weighted by Gasteiger charge is 2.30. The van der Waals surface area contributed by atoms with Crippen LogP contribution in [-0.2, 0) is 14.8 Å². The van der Waals surface area contributed by atoms with Gasteiger partial charge in [0.25, 0.3) is 0 Å². The van der Waals surface area contributed by atoms with Crippen LogP contribution in [0.1, 0.15) is 6.92 Å². The summed E-state index contributed by atoms with van der Waals surface area (Å²) >= 11 is 0. The molecule has 1 aliphatic heterocycles. The molecule has 2 aromatic rings. The summed E-state index contributed by atoms with van der Waals surface area (Å²) in [5.74, 6) is 1.32. The minimum atomic E-state index is -3.71. The van der Waals surface area contributed by atoms with E-state index in [0.717, 1.165) is 10.6 Å². The molecule has 0 saturated heterocycles. The summed E-state index contributed by atoms with van der Waals surface area (Å²) < 4.78 is 42.4. The van der Waals surface area contributed by atoms with Crippen LogP contribution in [0.4, 0.5) is 5.69 Å². The van der Waals surface area contributed by atoms with E-state index in [1.54, 1.807) is 30.3 Å². The van der Waals surface area contributed by atoms with Crippen LogP contribution in [0.3, 0.4) is 0 Å². The molecule has 1 aliphatic rings. The zero-order chi connectivity index (χ0) is 21.0. The van der Waals surface area contributed by atoms with Gasteiger partial charge in [0.2, 0.25) is 15.9 Å². The molecule has 2 aromatic carbocycles. The number of fused-ring (bicyclic) bond motifs is 1. The fraction of sp³-hybridized carbons (Fsp3) is 0.350. The van der Waals surface area contributed by atoms with Gasteiger partial charge < -0.3 is 19.5 Å². The lowest BCUT2D eigenvalue weighted by Crippen LogP contribution is -2.50. The molecule has 156 valence electrons. The normalized spacial score (nSPS) is 16.6. The fourth-order valence-electron chi connectivity index (χ4n) is 3.08. The Balaban J connectivity index is 1.68. The van der Waals surface area contributed by atoms with E-state index in [1.807, 2.05) is 18.2 Å². The van der Waals surface area contributed by atoms with Crippen LogP contribution in [0.25, 0.3) is 0 Å². The van der Waals surface area contributed by atoms with Crippen molar-refractivity contribution in [2.75, 3.05) is 30.8 Å². The number of nitrogens with zero attached hydrogens (tertiary/aromatic N) is 1. The van der Waals surface area contributed by atoms with E-state index in [9.17, 15) is 13.2 Å². The molecule has 1 N–H and O–H groups in total. The zero-order valence-corrected chi connectivity index (χ0v) is 17.3. The molecule has 9 heteroatoms. The lowest BCUT2D eigenvalue weighted by atomic mass is 10.2. The van der Waals surface area contributed by atoms with E-state index in [4.69, 9.17) is 14.2 Å². The third-order valence-corrected chi connectivity index (χ3v) is 5.71. The number of ether oxygens (including phenoxy) is 3. The maximum atomic E-state index is 12.7. The molecule has 0 saturated carbocycles. The highest BCUT2D eigenvalue weighted by molar-refractivity contribution is 7.92. The third-order valence-electron chi connectivity index (χ3n) is 4.47. The van der Waals surface area contributed by atoms with Gasteiger partial charge in [0.15, 0.2) is 11.5 Å². The van der Waals surface area contributed by atoms with Crippen molar-refractivity contribution in [2.24, 2.45) is 0 Å². The van der Waals surface area contributed by atoms with E-state index in [1.165, 1.54) is 14.0 Å². The van der Waals surface area contributed by atoms with E-state index in [-0.39, 0.29) is 19.3 Å². The first-order chi connectivity index (χ1) is 13.8. The molecule has 0 aliphatic carbocycles. The molecule has 0 bridgehead atoms. The van der Waals surface area contributed by atoms with Crippen LogP contribution >= 0.6 is 0 Å². The predicted molar refractivity (Wildman–Crippen MR) is 109 cm³/mol. The first-order valence-corrected chi connectivity index (χ1v) is 10.9. The number of amides is 1. The predicted octanol–water partition coefficient (Wildman–Crippen LogP) is 1.81. The van der Waals surface area contributed by atoms with Crippen LogP contribution in [0.2, 0.25) is 0 Å². The average molecular weight is 420 g/mol. The van der Waals surface area contributed by atoms with Crippen molar-refractivity contribution in [1.82, 2.24) is 5.32 Å². The van der Waals surface area contributed by atoms with E-state index >= 15 is 0 Å². The van der Waals surface area contributed by atoms with Crippen LogP contribution in [0.5, 0.6) is 17.2 Å². The zero-order valence-electron chi connectivity index (χ0n) is 16.5. The van der Waals surface area contributed by atoms with Crippen LogP contribution < -0.4 is 23.8 Å². The maximum Gasteiger partial charge on any atom is 0.243 e. The first-order valence-electron chi connectivity index (χ1n) is 9.09. The Labute approximate surface area is 170 Å². The van der Waals surface area contributed by atoms with Gasteiger partial charge in [0.1, 0.15) is 24.5 Å². The van der Waals surface area contributed by atoms with Crippen molar-refractivity contribution < 1.29 is 27.4 Å². The van der Waals surface area contributed by atoms with Crippen LogP contribution in [0, 0.1) is 0 Å². The van der Waals surface area contributed by atoms with Gasteiger partial charge in [-0.2, -0.15) is 0 Å². The maximum absolute atomic E-state index is 12.7. The number of hydrogen-bond acceptors (Lipinski definition) is 6. The van der Waals surface area contributed by atoms with Crippen molar-refractivity contribution in [2.45, 2.75) is 19.1 Å². The number of sulfonamides is 1. The van der Waals surface area contributed by atoms with Gasteiger partial charge in [-0.15, -0.1) is 0 Å². The SMILES string of the molecule is COc1cccc(N([C@H](C)C(=O)NC[C@@H]2COc3ccccc3O2)S(C)(=O)=O)c1. The smallest absolute Gasteiger partial charge is 0.243 e. The summed E-state index contributed by atoms with van der Waals surface area (Å²) in [6, 6.07) is 12.9. The number of rotatable bonds is 7. The Morgan fingerprint density at radius 2 is 1.97 bits per heavy atom. The topological polar surface area (TPSA) is 94.2 Å². The Bertz CT molecular complexity index is 978. The van der Waals surface area contributed by atoms with Gasteiger partial charge in [0.05, 0.1) is 25.6 Å². The quantitative estimate of drug-likeness (QED) is 0.734. The summed E-state index contributed by atoms with van der Waals surface area (Å²) in [7, 11) is -2.22. The van der Waals surface area contributed by atoms with Crippen molar-refractivity contribution in [3.63, 3.8) is 0 Å². The summed E-state index contributed by atoms with van der Waals surface area (Å²) in [5, 5.41) is 2.75. The average Bonchev–Trinajstić information content (AvgIpc) is 2.71. The summed E-state index contributed by atoms with van der Waals surface area (Å²) in [4.78, 5) is 12.7. The molecular formula is C20H24N2O6S. The van der Waals surface area contributed by atoms with Gasteiger partial charge in [-0.1, -0.05) is 18.2 Å². The molecule has 1 amide bonds. The Morgan fingerprint density at radius 1 is 1.24 bits per heavy atom. The highest BCUT2D eigenvalue weighted by atomic mass is 32.2. The summed E-state index contributed by atoms with van der Waals surface area (Å²) in [5.41, 5.74) is 0.348. The van der Waals surface area contributed by atoms with Crippen molar-refractivity contribution in [3.05, 3.63) is 48.5 Å². The van der Waals surface area contributed by atoms with E-state index in [2.05, 4.69) is 5.32 Å². The van der Waals surface area contributed by atoms with Gasteiger partial charge in [0, 0.05) is 6.07 Å². The standard InChI is InChI=1S/C20H24N2O6S/c1-14(22(29(3,24)25)15-7-6-8-16(11-15)26-2)20(23)21-12-17-13-27-18-9-4-5-10-19(18)28-17/h4-11,14,17H,12-13H2,1-3H3,(H,21,23)/t14-,17-/m1/s1. The number of para-hydroxylation sites is 2. The number of carbonyl (C=O) groups excluding carboxylic acids is 1. The Kier molecular flexibility index (Phi) is 6.17. The second-order valence-corrected chi connectivity index (χ2v) is 8.54. The van der Waals surface area contributed by atoms with Gasteiger partial charge in [-0.05, 0) is 31.2 Å². The van der Waals surface area contributed by atoms with Crippen molar-refractivity contribution >= 4 is 21.6 Å². The lowest BCUT2D eigenvalue weighted by molar-refractivity contribution is -0.122. The Hall–Kier alpha value is -2.94. The molecular weight excluding hydrogens is 396 g/mol. The van der Waals surface area contributed by atoms with E-state index < -0.39 is 22.0 Å². The van der Waals surface area contributed by atoms with Crippen molar-refractivity contribution in [1.29, 1.82) is 0 Å². The molecule has 0 fully saturated rings. The number of methoxy groups -OCH3 is 1. The second kappa shape index (κ2) is 8.60. The fourth-order valence-corrected chi connectivity index (χ4v) is 4.25. The number of benzene rings is 2. The molecule has 0 unspecified atom stereocenters. The monoisotopic (exact) mass is 420 g/mol. The molecule has 2 atom stereocenters. The third kappa shape index (κ3) is 4.92. The number of carbonyl (C=O) groups is 1. The largest absolute Gasteiger partial charge is 0.497 e. The number of hydrogen-bond donors (Lipinski definition) is 1. The molecule has 0 aromatic heterocycles. The second-order valence-electron chi connectivity index (χ2n) is 6.68. The molecule has 29 heavy (non-hydrogen) atoms. The summed E-state index contributed by atoms with van der Waals surface area (Å²) in [6.07, 6.45) is 0.690.